The van der Waals surface area contributed by atoms with Gasteiger partial charge in [0.05, 0.1) is 5.56 Å². The van der Waals surface area contributed by atoms with Crippen LogP contribution in [0, 0.1) is 0 Å². The van der Waals surface area contributed by atoms with Crippen LogP contribution in [0.15, 0.2) is 53.0 Å². The molecule has 0 amide bonds. The molecule has 0 aromatic heterocycles. The fraction of sp³-hybridized carbons (Fsp3) is 0. The molecule has 0 saturated carbocycles. The van der Waals surface area contributed by atoms with Crippen LogP contribution >= 0.6 is 15.9 Å². The fourth-order valence-electron chi connectivity index (χ4n) is 2.20. The molecule has 18 heavy (non-hydrogen) atoms. The van der Waals surface area contributed by atoms with Gasteiger partial charge in [0.1, 0.15) is 0 Å². The van der Waals surface area contributed by atoms with Crippen LogP contribution in [0.3, 0.4) is 0 Å². The Balaban J connectivity index is 2.46. The van der Waals surface area contributed by atoms with Gasteiger partial charge in [-0.05, 0) is 39.7 Å². The highest BCUT2D eigenvalue weighted by atomic mass is 79.9. The monoisotopic (exact) mass is 300 g/mol. The summed E-state index contributed by atoms with van der Waals surface area (Å²) in [4.78, 5) is 11.0. The van der Waals surface area contributed by atoms with E-state index in [1.807, 2.05) is 36.4 Å². The van der Waals surface area contributed by atoms with Gasteiger partial charge in [0, 0.05) is 4.47 Å². The third-order valence-corrected chi connectivity index (χ3v) is 3.71. The predicted molar refractivity (Wildman–Crippen MR) is 76.1 cm³/mol. The first kappa shape index (κ1) is 11.2. The minimum absolute atomic E-state index is 0.310. The molecule has 3 aromatic carbocycles. The first-order valence-electron chi connectivity index (χ1n) is 5.51. The molecule has 0 radical (unpaired) electrons. The smallest absolute Gasteiger partial charge is 0.335 e. The summed E-state index contributed by atoms with van der Waals surface area (Å²) >= 11 is 3.53. The molecule has 0 atom stereocenters. The molecule has 3 heteroatoms. The highest BCUT2D eigenvalue weighted by Crippen LogP contribution is 2.32. The van der Waals surface area contributed by atoms with Crippen molar-refractivity contribution < 1.29 is 9.90 Å². The van der Waals surface area contributed by atoms with Gasteiger partial charge in [0.25, 0.3) is 0 Å². The molecule has 0 bridgehead atoms. The number of carboxylic acids is 1. The summed E-state index contributed by atoms with van der Waals surface area (Å²) in [5.41, 5.74) is 0.310. The van der Waals surface area contributed by atoms with Crippen LogP contribution in [0.4, 0.5) is 0 Å². The lowest BCUT2D eigenvalue weighted by atomic mass is 10.0. The van der Waals surface area contributed by atoms with Crippen molar-refractivity contribution >= 4 is 43.4 Å². The Morgan fingerprint density at radius 3 is 2.39 bits per heavy atom. The van der Waals surface area contributed by atoms with E-state index in [1.165, 1.54) is 0 Å². The number of halogens is 1. The van der Waals surface area contributed by atoms with Crippen molar-refractivity contribution in [2.45, 2.75) is 0 Å². The number of fused-ring (bicyclic) bond motifs is 3. The van der Waals surface area contributed by atoms with Crippen molar-refractivity contribution in [1.29, 1.82) is 0 Å². The average molecular weight is 301 g/mol. The highest BCUT2D eigenvalue weighted by Gasteiger charge is 2.07. The average Bonchev–Trinajstić information content (AvgIpc) is 2.38. The fourth-order valence-corrected chi connectivity index (χ4v) is 2.79. The van der Waals surface area contributed by atoms with Crippen LogP contribution in [0.2, 0.25) is 0 Å². The van der Waals surface area contributed by atoms with E-state index in [0.717, 1.165) is 26.0 Å². The number of aromatic carboxylic acids is 1. The maximum Gasteiger partial charge on any atom is 0.335 e. The Hall–Kier alpha value is -1.87. The lowest BCUT2D eigenvalue weighted by Gasteiger charge is -2.07. The maximum atomic E-state index is 11.0. The summed E-state index contributed by atoms with van der Waals surface area (Å²) < 4.78 is 0.980. The van der Waals surface area contributed by atoms with Crippen LogP contribution in [-0.4, -0.2) is 11.1 Å². The Morgan fingerprint density at radius 2 is 1.67 bits per heavy atom. The van der Waals surface area contributed by atoms with E-state index in [4.69, 9.17) is 5.11 Å². The largest absolute Gasteiger partial charge is 0.478 e. The van der Waals surface area contributed by atoms with Crippen molar-refractivity contribution in [2.24, 2.45) is 0 Å². The zero-order valence-electron chi connectivity index (χ0n) is 9.35. The molecule has 0 saturated heterocycles. The molecular weight excluding hydrogens is 292 g/mol. The minimum atomic E-state index is -0.902. The molecule has 2 nitrogen and oxygen atoms in total. The molecule has 88 valence electrons. The second kappa shape index (κ2) is 4.10. The van der Waals surface area contributed by atoms with E-state index in [1.54, 1.807) is 12.1 Å². The minimum Gasteiger partial charge on any atom is -0.478 e. The van der Waals surface area contributed by atoms with Crippen LogP contribution in [0.25, 0.3) is 21.5 Å². The SMILES string of the molecule is O=C(O)c1ccc2c(c1)cc(Br)c1ccccc12. The number of hydrogen-bond acceptors (Lipinski definition) is 1. The quantitative estimate of drug-likeness (QED) is 0.674. The van der Waals surface area contributed by atoms with Crippen LogP contribution in [0.1, 0.15) is 10.4 Å². The molecule has 0 aliphatic rings. The van der Waals surface area contributed by atoms with Crippen molar-refractivity contribution in [3.8, 4) is 0 Å². The maximum absolute atomic E-state index is 11.0. The van der Waals surface area contributed by atoms with E-state index in [0.29, 0.717) is 5.56 Å². The topological polar surface area (TPSA) is 37.3 Å². The van der Waals surface area contributed by atoms with Gasteiger partial charge in [-0.1, -0.05) is 46.3 Å². The normalized spacial score (nSPS) is 10.9. The van der Waals surface area contributed by atoms with Gasteiger partial charge >= 0.3 is 5.97 Å². The van der Waals surface area contributed by atoms with E-state index in [-0.39, 0.29) is 0 Å². The Labute approximate surface area is 112 Å². The van der Waals surface area contributed by atoms with Crippen molar-refractivity contribution in [1.82, 2.24) is 0 Å². The molecule has 0 heterocycles. The van der Waals surface area contributed by atoms with E-state index < -0.39 is 5.97 Å². The van der Waals surface area contributed by atoms with Gasteiger partial charge in [-0.2, -0.15) is 0 Å². The second-order valence-electron chi connectivity index (χ2n) is 4.15. The predicted octanol–water partition coefficient (Wildman–Crippen LogP) is 4.45. The summed E-state index contributed by atoms with van der Waals surface area (Å²) in [6.45, 7) is 0. The number of benzene rings is 3. The lowest BCUT2D eigenvalue weighted by molar-refractivity contribution is 0.0697. The van der Waals surface area contributed by atoms with E-state index >= 15 is 0 Å². The van der Waals surface area contributed by atoms with Crippen LogP contribution < -0.4 is 0 Å². The number of carboxylic acid groups (broad SMARTS) is 1. The van der Waals surface area contributed by atoms with Gasteiger partial charge in [-0.3, -0.25) is 0 Å². The summed E-state index contributed by atoms with van der Waals surface area (Å²) in [5.74, 6) is -0.902. The third kappa shape index (κ3) is 1.68. The standard InChI is InChI=1S/C15H9BrO2/c16-14-8-10-7-9(15(17)18)5-6-11(10)12-3-1-2-4-13(12)14/h1-8H,(H,17,18). The molecule has 0 spiro atoms. The number of carbonyl (C=O) groups is 1. The van der Waals surface area contributed by atoms with Crippen molar-refractivity contribution in [3.05, 3.63) is 58.6 Å². The van der Waals surface area contributed by atoms with Crippen molar-refractivity contribution in [3.63, 3.8) is 0 Å². The summed E-state index contributed by atoms with van der Waals surface area (Å²) in [7, 11) is 0. The summed E-state index contributed by atoms with van der Waals surface area (Å²) in [6.07, 6.45) is 0. The third-order valence-electron chi connectivity index (χ3n) is 3.06. The molecule has 3 aromatic rings. The molecule has 1 N–H and O–H groups in total. The Morgan fingerprint density at radius 1 is 0.944 bits per heavy atom. The zero-order valence-corrected chi connectivity index (χ0v) is 10.9. The van der Waals surface area contributed by atoms with Gasteiger partial charge in [-0.25, -0.2) is 4.79 Å². The van der Waals surface area contributed by atoms with E-state index in [2.05, 4.69) is 15.9 Å². The number of rotatable bonds is 1. The zero-order chi connectivity index (χ0) is 12.7. The molecule has 0 fully saturated rings. The lowest BCUT2D eigenvalue weighted by Crippen LogP contribution is -1.95. The molecular formula is C15H9BrO2. The summed E-state index contributed by atoms with van der Waals surface area (Å²) in [5, 5.41) is 13.3. The molecule has 0 aliphatic heterocycles. The van der Waals surface area contributed by atoms with E-state index in [9.17, 15) is 4.79 Å². The Kier molecular flexibility index (Phi) is 2.56. The Bertz CT molecular complexity index is 778. The van der Waals surface area contributed by atoms with Gasteiger partial charge < -0.3 is 5.11 Å². The van der Waals surface area contributed by atoms with Gasteiger partial charge in [0.2, 0.25) is 0 Å². The number of hydrogen-bond donors (Lipinski definition) is 1. The molecule has 3 rings (SSSR count). The molecule has 0 aliphatic carbocycles. The first-order chi connectivity index (χ1) is 8.66. The van der Waals surface area contributed by atoms with Crippen molar-refractivity contribution in [2.75, 3.05) is 0 Å². The van der Waals surface area contributed by atoms with Crippen LogP contribution in [0.5, 0.6) is 0 Å². The van der Waals surface area contributed by atoms with Gasteiger partial charge in [-0.15, -0.1) is 0 Å². The van der Waals surface area contributed by atoms with Gasteiger partial charge in [0.15, 0.2) is 0 Å². The highest BCUT2D eigenvalue weighted by molar-refractivity contribution is 9.10. The first-order valence-corrected chi connectivity index (χ1v) is 6.30. The van der Waals surface area contributed by atoms with Crippen LogP contribution in [-0.2, 0) is 0 Å². The summed E-state index contributed by atoms with van der Waals surface area (Å²) in [6, 6.07) is 15.2. The second-order valence-corrected chi connectivity index (χ2v) is 5.00. The molecule has 0 unspecified atom stereocenters.